The Morgan fingerprint density at radius 1 is 1.50 bits per heavy atom. The molecule has 1 aliphatic carbocycles. The summed E-state index contributed by atoms with van der Waals surface area (Å²) < 4.78 is 0. The third-order valence-electron chi connectivity index (χ3n) is 3.05. The van der Waals surface area contributed by atoms with Crippen LogP contribution in [0.5, 0.6) is 0 Å². The van der Waals surface area contributed by atoms with E-state index in [4.69, 9.17) is 0 Å². The minimum Gasteiger partial charge on any atom is -0.364 e. The first-order valence-electron chi connectivity index (χ1n) is 5.57. The number of thioether (sulfide) groups is 1. The van der Waals surface area contributed by atoms with Crippen LogP contribution in [0, 0.1) is 11.3 Å². The van der Waals surface area contributed by atoms with Crippen LogP contribution in [0.4, 0.5) is 0 Å². The topological polar surface area (TPSA) is 24.4 Å². The minimum atomic E-state index is 0.348. The second-order valence-corrected chi connectivity index (χ2v) is 6.26. The number of amidine groups is 1. The van der Waals surface area contributed by atoms with Crippen molar-refractivity contribution in [2.75, 3.05) is 18.8 Å². The van der Waals surface area contributed by atoms with Crippen LogP contribution in [-0.2, 0) is 0 Å². The molecule has 0 radical (unpaired) electrons. The molecule has 1 aliphatic heterocycles. The van der Waals surface area contributed by atoms with E-state index in [1.807, 2.05) is 11.8 Å². The van der Waals surface area contributed by atoms with Gasteiger partial charge in [0.2, 0.25) is 0 Å². The van der Waals surface area contributed by atoms with E-state index in [0.717, 1.165) is 19.0 Å². The van der Waals surface area contributed by atoms with Gasteiger partial charge < -0.3 is 5.32 Å². The van der Waals surface area contributed by atoms with Gasteiger partial charge >= 0.3 is 0 Å². The fourth-order valence-corrected chi connectivity index (χ4v) is 2.72. The van der Waals surface area contributed by atoms with E-state index < -0.39 is 0 Å². The Hall–Kier alpha value is -0.180. The molecule has 0 unspecified atom stereocenters. The SMILES string of the molecule is CC1(C)CN=C(SCC2CCC2)NC1. The first-order valence-corrected chi connectivity index (χ1v) is 6.55. The van der Waals surface area contributed by atoms with Crippen LogP contribution in [0.25, 0.3) is 0 Å². The van der Waals surface area contributed by atoms with Crippen molar-refractivity contribution in [3.05, 3.63) is 0 Å². The van der Waals surface area contributed by atoms with Crippen LogP contribution in [0.1, 0.15) is 33.1 Å². The van der Waals surface area contributed by atoms with Crippen molar-refractivity contribution in [1.29, 1.82) is 0 Å². The van der Waals surface area contributed by atoms with Crippen LogP contribution in [-0.4, -0.2) is 24.0 Å². The van der Waals surface area contributed by atoms with Crippen LogP contribution in [0.2, 0.25) is 0 Å². The number of rotatable bonds is 2. The predicted molar refractivity (Wildman–Crippen MR) is 63.9 cm³/mol. The van der Waals surface area contributed by atoms with Crippen molar-refractivity contribution in [3.63, 3.8) is 0 Å². The summed E-state index contributed by atoms with van der Waals surface area (Å²) in [5.41, 5.74) is 0.348. The largest absolute Gasteiger partial charge is 0.364 e. The standard InChI is InChI=1S/C11H20N2S/c1-11(2)7-12-10(13-8-11)14-6-9-4-3-5-9/h9H,3-8H2,1-2H3,(H,12,13). The third-order valence-corrected chi connectivity index (χ3v) is 4.23. The van der Waals surface area contributed by atoms with Crippen molar-refractivity contribution in [2.45, 2.75) is 33.1 Å². The molecule has 80 valence electrons. The Balaban J connectivity index is 1.73. The lowest BCUT2D eigenvalue weighted by Crippen LogP contribution is -2.39. The highest BCUT2D eigenvalue weighted by Crippen LogP contribution is 2.30. The molecule has 0 atom stereocenters. The molecule has 1 fully saturated rings. The van der Waals surface area contributed by atoms with Crippen LogP contribution >= 0.6 is 11.8 Å². The van der Waals surface area contributed by atoms with E-state index in [1.54, 1.807) is 0 Å². The molecule has 2 aliphatic rings. The van der Waals surface area contributed by atoms with Crippen LogP contribution < -0.4 is 5.32 Å². The summed E-state index contributed by atoms with van der Waals surface area (Å²) in [5, 5.41) is 4.60. The van der Waals surface area contributed by atoms with Gasteiger partial charge in [-0.25, -0.2) is 0 Å². The number of aliphatic imine (C=N–C) groups is 1. The zero-order valence-electron chi connectivity index (χ0n) is 9.18. The molecular formula is C11H20N2S. The zero-order valence-corrected chi connectivity index (χ0v) is 9.99. The average Bonchev–Trinajstić information content (AvgIpc) is 2.05. The second kappa shape index (κ2) is 4.13. The molecule has 0 aromatic rings. The smallest absolute Gasteiger partial charge is 0.156 e. The van der Waals surface area contributed by atoms with E-state index >= 15 is 0 Å². The summed E-state index contributed by atoms with van der Waals surface area (Å²) in [6, 6.07) is 0. The quantitative estimate of drug-likeness (QED) is 0.760. The molecule has 0 bridgehead atoms. The maximum atomic E-state index is 4.58. The molecule has 3 heteroatoms. The summed E-state index contributed by atoms with van der Waals surface area (Å²) in [6.45, 7) is 6.57. The lowest BCUT2D eigenvalue weighted by molar-refractivity contribution is 0.353. The lowest BCUT2D eigenvalue weighted by atomic mass is 9.87. The van der Waals surface area contributed by atoms with Crippen LogP contribution in [0.15, 0.2) is 4.99 Å². The molecule has 0 amide bonds. The van der Waals surface area contributed by atoms with Crippen molar-refractivity contribution >= 4 is 16.9 Å². The first-order chi connectivity index (χ1) is 6.66. The highest BCUT2D eigenvalue weighted by Gasteiger charge is 2.23. The van der Waals surface area contributed by atoms with E-state index in [-0.39, 0.29) is 0 Å². The molecule has 14 heavy (non-hydrogen) atoms. The predicted octanol–water partition coefficient (Wildman–Crippen LogP) is 2.51. The molecule has 0 spiro atoms. The van der Waals surface area contributed by atoms with Gasteiger partial charge in [-0.3, -0.25) is 4.99 Å². The summed E-state index contributed by atoms with van der Waals surface area (Å²) in [4.78, 5) is 4.58. The molecule has 2 rings (SSSR count). The summed E-state index contributed by atoms with van der Waals surface area (Å²) >= 11 is 1.92. The fraction of sp³-hybridized carbons (Fsp3) is 0.909. The van der Waals surface area contributed by atoms with Gasteiger partial charge in [-0.05, 0) is 18.8 Å². The monoisotopic (exact) mass is 212 g/mol. The molecule has 1 heterocycles. The van der Waals surface area contributed by atoms with E-state index in [9.17, 15) is 0 Å². The van der Waals surface area contributed by atoms with Crippen molar-refractivity contribution in [2.24, 2.45) is 16.3 Å². The Morgan fingerprint density at radius 2 is 2.29 bits per heavy atom. The second-order valence-electron chi connectivity index (χ2n) is 5.25. The van der Waals surface area contributed by atoms with E-state index in [0.29, 0.717) is 5.41 Å². The molecule has 1 saturated carbocycles. The lowest BCUT2D eigenvalue weighted by Gasteiger charge is -2.30. The third kappa shape index (κ3) is 2.66. The summed E-state index contributed by atoms with van der Waals surface area (Å²) in [5.74, 6) is 2.24. The van der Waals surface area contributed by atoms with Gasteiger partial charge in [0, 0.05) is 24.3 Å². The van der Waals surface area contributed by atoms with Gasteiger partial charge in [0.25, 0.3) is 0 Å². The molecule has 2 nitrogen and oxygen atoms in total. The number of nitrogens with zero attached hydrogens (tertiary/aromatic N) is 1. The van der Waals surface area contributed by atoms with E-state index in [1.165, 1.54) is 30.2 Å². The minimum absolute atomic E-state index is 0.348. The molecule has 0 saturated heterocycles. The maximum absolute atomic E-state index is 4.58. The van der Waals surface area contributed by atoms with Crippen molar-refractivity contribution < 1.29 is 0 Å². The Bertz CT molecular complexity index is 231. The Labute approximate surface area is 90.9 Å². The Kier molecular flexibility index (Phi) is 3.05. The van der Waals surface area contributed by atoms with Crippen molar-refractivity contribution in [1.82, 2.24) is 5.32 Å². The average molecular weight is 212 g/mol. The Morgan fingerprint density at radius 3 is 2.79 bits per heavy atom. The molecule has 0 aromatic heterocycles. The zero-order chi connectivity index (χ0) is 10.0. The number of hydrogen-bond acceptors (Lipinski definition) is 3. The number of nitrogens with one attached hydrogen (secondary N) is 1. The molecule has 0 aromatic carbocycles. The molecule has 1 N–H and O–H groups in total. The van der Waals surface area contributed by atoms with E-state index in [2.05, 4.69) is 24.2 Å². The normalized spacial score (nSPS) is 26.3. The van der Waals surface area contributed by atoms with Gasteiger partial charge in [-0.1, -0.05) is 32.0 Å². The maximum Gasteiger partial charge on any atom is 0.156 e. The van der Waals surface area contributed by atoms with Crippen LogP contribution in [0.3, 0.4) is 0 Å². The van der Waals surface area contributed by atoms with Crippen molar-refractivity contribution in [3.8, 4) is 0 Å². The van der Waals surface area contributed by atoms with Gasteiger partial charge in [0.05, 0.1) is 0 Å². The summed E-state index contributed by atoms with van der Waals surface area (Å²) in [6.07, 6.45) is 4.32. The first kappa shape index (κ1) is 10.3. The van der Waals surface area contributed by atoms with Gasteiger partial charge in [-0.15, -0.1) is 0 Å². The van der Waals surface area contributed by atoms with Gasteiger partial charge in [-0.2, -0.15) is 0 Å². The van der Waals surface area contributed by atoms with Gasteiger partial charge in [0.15, 0.2) is 5.17 Å². The highest BCUT2D eigenvalue weighted by molar-refractivity contribution is 8.13. The number of hydrogen-bond donors (Lipinski definition) is 1. The fourth-order valence-electron chi connectivity index (χ4n) is 1.67. The summed E-state index contributed by atoms with van der Waals surface area (Å²) in [7, 11) is 0. The molecular weight excluding hydrogens is 192 g/mol. The highest BCUT2D eigenvalue weighted by atomic mass is 32.2. The van der Waals surface area contributed by atoms with Gasteiger partial charge in [0.1, 0.15) is 0 Å².